The molecule has 0 fully saturated rings. The maximum Gasteiger partial charge on any atom is 0.306 e. The fourth-order valence-electron chi connectivity index (χ4n) is 0.976. The molecule has 0 bridgehead atoms. The molecule has 0 aliphatic rings. The van der Waals surface area contributed by atoms with E-state index in [0.717, 1.165) is 0 Å². The SMILES string of the molecule is COC(=O)CCC(=O)Nc1ccncc1.Cl. The molecular formula is C10H13ClN2O3. The molecule has 1 rings (SSSR count). The third-order valence-electron chi connectivity index (χ3n) is 1.75. The van der Waals surface area contributed by atoms with Gasteiger partial charge in [0.25, 0.3) is 0 Å². The van der Waals surface area contributed by atoms with Crippen molar-refractivity contribution in [3.05, 3.63) is 24.5 Å². The van der Waals surface area contributed by atoms with E-state index in [1.807, 2.05) is 0 Å². The summed E-state index contributed by atoms with van der Waals surface area (Å²) in [6.07, 6.45) is 3.37. The zero-order valence-electron chi connectivity index (χ0n) is 8.80. The van der Waals surface area contributed by atoms with Crippen molar-refractivity contribution in [1.82, 2.24) is 4.98 Å². The molecule has 6 heteroatoms. The van der Waals surface area contributed by atoms with Gasteiger partial charge in [0, 0.05) is 24.5 Å². The fourth-order valence-corrected chi connectivity index (χ4v) is 0.976. The van der Waals surface area contributed by atoms with E-state index < -0.39 is 0 Å². The summed E-state index contributed by atoms with van der Waals surface area (Å²) in [6, 6.07) is 3.35. The molecule has 0 unspecified atom stereocenters. The van der Waals surface area contributed by atoms with Gasteiger partial charge in [0.15, 0.2) is 0 Å². The summed E-state index contributed by atoms with van der Waals surface area (Å²) in [5.74, 6) is -0.605. The molecule has 0 aliphatic heterocycles. The van der Waals surface area contributed by atoms with Crippen molar-refractivity contribution >= 4 is 30.0 Å². The molecule has 5 nitrogen and oxygen atoms in total. The summed E-state index contributed by atoms with van der Waals surface area (Å²) in [6.45, 7) is 0. The smallest absolute Gasteiger partial charge is 0.306 e. The summed E-state index contributed by atoms with van der Waals surface area (Å²) in [7, 11) is 1.29. The predicted octanol–water partition coefficient (Wildman–Crippen LogP) is 1.40. The largest absolute Gasteiger partial charge is 0.469 e. The van der Waals surface area contributed by atoms with Crippen LogP contribution in [-0.2, 0) is 14.3 Å². The van der Waals surface area contributed by atoms with Gasteiger partial charge in [-0.15, -0.1) is 12.4 Å². The topological polar surface area (TPSA) is 68.3 Å². The molecular weight excluding hydrogens is 232 g/mol. The lowest BCUT2D eigenvalue weighted by molar-refractivity contribution is -0.141. The van der Waals surface area contributed by atoms with Crippen molar-refractivity contribution in [2.24, 2.45) is 0 Å². The third-order valence-corrected chi connectivity index (χ3v) is 1.75. The van der Waals surface area contributed by atoms with Gasteiger partial charge in [-0.25, -0.2) is 0 Å². The van der Waals surface area contributed by atoms with Crippen molar-refractivity contribution in [1.29, 1.82) is 0 Å². The molecule has 88 valence electrons. The van der Waals surface area contributed by atoms with Gasteiger partial charge < -0.3 is 10.1 Å². The van der Waals surface area contributed by atoms with Crippen LogP contribution in [0, 0.1) is 0 Å². The van der Waals surface area contributed by atoms with Crippen molar-refractivity contribution in [2.45, 2.75) is 12.8 Å². The Morgan fingerprint density at radius 1 is 1.31 bits per heavy atom. The number of rotatable bonds is 4. The lowest BCUT2D eigenvalue weighted by Gasteiger charge is -2.03. The number of aromatic nitrogens is 1. The highest BCUT2D eigenvalue weighted by Crippen LogP contribution is 2.04. The summed E-state index contributed by atoms with van der Waals surface area (Å²) >= 11 is 0. The first kappa shape index (κ1) is 14.4. The fraction of sp³-hybridized carbons (Fsp3) is 0.300. The molecule has 0 atom stereocenters. The van der Waals surface area contributed by atoms with Gasteiger partial charge in [0.1, 0.15) is 0 Å². The molecule has 1 heterocycles. The Morgan fingerprint density at radius 3 is 2.50 bits per heavy atom. The highest BCUT2D eigenvalue weighted by atomic mass is 35.5. The second-order valence-corrected chi connectivity index (χ2v) is 2.86. The number of carbonyl (C=O) groups excluding carboxylic acids is 2. The first-order chi connectivity index (χ1) is 7.22. The Balaban J connectivity index is 0.00000225. The van der Waals surface area contributed by atoms with E-state index in [4.69, 9.17) is 0 Å². The average molecular weight is 245 g/mol. The van der Waals surface area contributed by atoms with Crippen molar-refractivity contribution < 1.29 is 14.3 Å². The molecule has 1 aromatic rings. The predicted molar refractivity (Wildman–Crippen MR) is 61.4 cm³/mol. The second-order valence-electron chi connectivity index (χ2n) is 2.86. The lowest BCUT2D eigenvalue weighted by atomic mass is 10.3. The van der Waals surface area contributed by atoms with E-state index >= 15 is 0 Å². The van der Waals surface area contributed by atoms with Crippen LogP contribution in [0.25, 0.3) is 0 Å². The molecule has 16 heavy (non-hydrogen) atoms. The second kappa shape index (κ2) is 7.64. The Morgan fingerprint density at radius 2 is 1.94 bits per heavy atom. The number of pyridine rings is 1. The number of esters is 1. The normalized spacial score (nSPS) is 8.81. The number of hydrogen-bond acceptors (Lipinski definition) is 4. The van der Waals surface area contributed by atoms with E-state index in [9.17, 15) is 9.59 Å². The monoisotopic (exact) mass is 244 g/mol. The first-order valence-electron chi connectivity index (χ1n) is 4.49. The molecule has 0 saturated heterocycles. The van der Waals surface area contributed by atoms with Crippen LogP contribution in [0.1, 0.15) is 12.8 Å². The highest BCUT2D eigenvalue weighted by molar-refractivity contribution is 5.92. The first-order valence-corrected chi connectivity index (χ1v) is 4.49. The van der Waals surface area contributed by atoms with Crippen LogP contribution in [0.5, 0.6) is 0 Å². The van der Waals surface area contributed by atoms with Gasteiger partial charge in [0.2, 0.25) is 5.91 Å². The van der Waals surface area contributed by atoms with E-state index in [1.54, 1.807) is 24.5 Å². The number of ether oxygens (including phenoxy) is 1. The Hall–Kier alpha value is -1.62. The van der Waals surface area contributed by atoms with Crippen molar-refractivity contribution in [3.8, 4) is 0 Å². The summed E-state index contributed by atoms with van der Waals surface area (Å²) in [5.41, 5.74) is 0.667. The number of anilines is 1. The van der Waals surface area contributed by atoms with Gasteiger partial charge in [-0.3, -0.25) is 14.6 Å². The Bertz CT molecular complexity index is 343. The van der Waals surface area contributed by atoms with Crippen LogP contribution in [0.4, 0.5) is 5.69 Å². The van der Waals surface area contributed by atoms with Gasteiger partial charge in [-0.2, -0.15) is 0 Å². The summed E-state index contributed by atoms with van der Waals surface area (Å²) in [5, 5.41) is 2.63. The molecule has 1 amide bonds. The number of methoxy groups -OCH3 is 1. The van der Waals surface area contributed by atoms with Crippen molar-refractivity contribution in [3.63, 3.8) is 0 Å². The van der Waals surface area contributed by atoms with Crippen molar-refractivity contribution in [2.75, 3.05) is 12.4 Å². The standard InChI is InChI=1S/C10H12N2O3.ClH/c1-15-10(14)3-2-9(13)12-8-4-6-11-7-5-8;/h4-7H,2-3H2,1H3,(H,11,12,13);1H. The van der Waals surface area contributed by atoms with Crippen LogP contribution >= 0.6 is 12.4 Å². The zero-order valence-corrected chi connectivity index (χ0v) is 9.62. The maximum atomic E-state index is 11.3. The van der Waals surface area contributed by atoms with Crippen LogP contribution in [0.3, 0.4) is 0 Å². The minimum Gasteiger partial charge on any atom is -0.469 e. The third kappa shape index (κ3) is 5.31. The van der Waals surface area contributed by atoms with Crippen LogP contribution in [-0.4, -0.2) is 24.0 Å². The number of nitrogens with one attached hydrogen (secondary N) is 1. The van der Waals surface area contributed by atoms with Gasteiger partial charge >= 0.3 is 5.97 Å². The maximum absolute atomic E-state index is 11.3. The molecule has 0 spiro atoms. The molecule has 0 radical (unpaired) electrons. The number of hydrogen-bond donors (Lipinski definition) is 1. The number of halogens is 1. The number of nitrogens with zero attached hydrogens (tertiary/aromatic N) is 1. The summed E-state index contributed by atoms with van der Waals surface area (Å²) < 4.78 is 4.42. The van der Waals surface area contributed by atoms with Gasteiger partial charge in [-0.05, 0) is 12.1 Å². The summed E-state index contributed by atoms with van der Waals surface area (Å²) in [4.78, 5) is 25.9. The van der Waals surface area contributed by atoms with Crippen LogP contribution in [0.2, 0.25) is 0 Å². The molecule has 0 aromatic carbocycles. The molecule has 1 aromatic heterocycles. The Kier molecular flexibility index (Phi) is 6.87. The van der Waals surface area contributed by atoms with Gasteiger partial charge in [0.05, 0.1) is 13.5 Å². The minimum atomic E-state index is -0.389. The molecule has 1 N–H and O–H groups in total. The van der Waals surface area contributed by atoms with E-state index in [2.05, 4.69) is 15.0 Å². The van der Waals surface area contributed by atoms with E-state index in [0.29, 0.717) is 5.69 Å². The van der Waals surface area contributed by atoms with E-state index in [1.165, 1.54) is 7.11 Å². The Labute approximate surface area is 99.6 Å². The average Bonchev–Trinajstić information content (AvgIpc) is 2.27. The quantitative estimate of drug-likeness (QED) is 0.813. The van der Waals surface area contributed by atoms with Crippen LogP contribution in [0.15, 0.2) is 24.5 Å². The molecule has 0 saturated carbocycles. The molecule has 0 aliphatic carbocycles. The van der Waals surface area contributed by atoms with Gasteiger partial charge in [-0.1, -0.05) is 0 Å². The lowest BCUT2D eigenvalue weighted by Crippen LogP contribution is -2.13. The highest BCUT2D eigenvalue weighted by Gasteiger charge is 2.06. The number of amides is 1. The minimum absolute atomic E-state index is 0. The zero-order chi connectivity index (χ0) is 11.1. The van der Waals surface area contributed by atoms with Crippen LogP contribution < -0.4 is 5.32 Å². The van der Waals surface area contributed by atoms with E-state index in [-0.39, 0.29) is 37.1 Å². The number of carbonyl (C=O) groups is 2.